The Morgan fingerprint density at radius 2 is 1.85 bits per heavy atom. The highest BCUT2D eigenvalue weighted by atomic mass is 35.5. The van der Waals surface area contributed by atoms with Crippen molar-refractivity contribution < 1.29 is 13.9 Å². The molecule has 0 radical (unpaired) electrons. The average molecular weight is 547 g/mol. The van der Waals surface area contributed by atoms with Gasteiger partial charge in [0.05, 0.1) is 22.6 Å². The molecule has 2 N–H and O–H groups in total. The van der Waals surface area contributed by atoms with Gasteiger partial charge >= 0.3 is 6.09 Å². The number of nitrogens with zero attached hydrogens (tertiary/aromatic N) is 6. The Kier molecular flexibility index (Phi) is 7.07. The van der Waals surface area contributed by atoms with Crippen molar-refractivity contribution in [2.75, 3.05) is 10.6 Å². The normalized spacial score (nSPS) is 11.4. The second-order valence-corrected chi connectivity index (χ2v) is 9.93. The van der Waals surface area contributed by atoms with Gasteiger partial charge in [0.1, 0.15) is 29.4 Å². The van der Waals surface area contributed by atoms with Crippen molar-refractivity contribution in [3.8, 4) is 11.1 Å². The van der Waals surface area contributed by atoms with E-state index in [1.807, 2.05) is 24.3 Å². The number of anilines is 3. The Balaban J connectivity index is 1.50. The summed E-state index contributed by atoms with van der Waals surface area (Å²) in [6.07, 6.45) is 5.77. The van der Waals surface area contributed by atoms with Crippen LogP contribution in [0.4, 0.5) is 26.6 Å². The van der Waals surface area contributed by atoms with Gasteiger partial charge in [0, 0.05) is 35.4 Å². The van der Waals surface area contributed by atoms with Crippen LogP contribution < -0.4 is 10.6 Å². The zero-order chi connectivity index (χ0) is 27.6. The second kappa shape index (κ2) is 10.6. The largest absolute Gasteiger partial charge is 0.443 e. The number of imidazole rings is 1. The summed E-state index contributed by atoms with van der Waals surface area (Å²) in [6.45, 7) is 5.55. The average Bonchev–Trinajstić information content (AvgIpc) is 3.28. The molecule has 0 atom stereocenters. The standard InChI is InChI=1S/C27H24ClFN8O2/c1-27(2,3)39-26(38)37-22-7-5-4-6-21(22)35-23(37)14-32-24-18(16-11-30-15-31-12-16)13-33-25(36-24)34-17-8-9-20(29)19(28)10-17/h4-13,15H,14H2,1-3H3,(H2,32,33,34,36). The quantitative estimate of drug-likeness (QED) is 0.256. The summed E-state index contributed by atoms with van der Waals surface area (Å²) in [6, 6.07) is 11.5. The van der Waals surface area contributed by atoms with Crippen LogP contribution in [0.5, 0.6) is 0 Å². The maximum absolute atomic E-state index is 13.6. The van der Waals surface area contributed by atoms with Crippen molar-refractivity contribution in [2.24, 2.45) is 0 Å². The molecule has 0 saturated carbocycles. The fourth-order valence-electron chi connectivity index (χ4n) is 3.80. The van der Waals surface area contributed by atoms with E-state index in [1.165, 1.54) is 29.1 Å². The van der Waals surface area contributed by atoms with E-state index in [0.29, 0.717) is 39.5 Å². The predicted octanol–water partition coefficient (Wildman–Crippen LogP) is 6.21. The number of aromatic nitrogens is 6. The van der Waals surface area contributed by atoms with Gasteiger partial charge in [-0.15, -0.1) is 0 Å². The van der Waals surface area contributed by atoms with Crippen LogP contribution in [0, 0.1) is 5.82 Å². The molecule has 12 heteroatoms. The first kappa shape index (κ1) is 26.0. The minimum atomic E-state index is -0.690. The number of fused-ring (bicyclic) bond motifs is 1. The molecule has 0 aliphatic carbocycles. The number of halogens is 2. The number of rotatable bonds is 6. The summed E-state index contributed by atoms with van der Waals surface area (Å²) in [5.41, 5.74) is 2.39. The van der Waals surface area contributed by atoms with E-state index in [-0.39, 0.29) is 17.5 Å². The lowest BCUT2D eigenvalue weighted by atomic mass is 10.1. The molecular weight excluding hydrogens is 523 g/mol. The van der Waals surface area contributed by atoms with Crippen LogP contribution in [0.3, 0.4) is 0 Å². The molecule has 3 heterocycles. The molecule has 2 aromatic carbocycles. The molecule has 5 aromatic rings. The molecule has 10 nitrogen and oxygen atoms in total. The summed E-state index contributed by atoms with van der Waals surface area (Å²) >= 11 is 5.92. The molecule has 0 saturated heterocycles. The van der Waals surface area contributed by atoms with Crippen LogP contribution in [-0.4, -0.2) is 41.2 Å². The molecule has 3 aromatic heterocycles. The van der Waals surface area contributed by atoms with Gasteiger partial charge in [-0.2, -0.15) is 4.98 Å². The van der Waals surface area contributed by atoms with Crippen LogP contribution in [0.15, 0.2) is 67.4 Å². The van der Waals surface area contributed by atoms with Gasteiger partial charge in [-0.05, 0) is 51.1 Å². The first-order valence-corrected chi connectivity index (χ1v) is 12.3. The topological polar surface area (TPSA) is 120 Å². The number of benzene rings is 2. The van der Waals surface area contributed by atoms with E-state index in [1.54, 1.807) is 39.4 Å². The van der Waals surface area contributed by atoms with Crippen molar-refractivity contribution in [1.29, 1.82) is 0 Å². The highest BCUT2D eigenvalue weighted by Crippen LogP contribution is 2.28. The Morgan fingerprint density at radius 1 is 1.08 bits per heavy atom. The highest BCUT2D eigenvalue weighted by molar-refractivity contribution is 6.31. The maximum Gasteiger partial charge on any atom is 0.420 e. The first-order valence-electron chi connectivity index (χ1n) is 12.0. The van der Waals surface area contributed by atoms with Gasteiger partial charge in [0.15, 0.2) is 0 Å². The van der Waals surface area contributed by atoms with Crippen LogP contribution in [0.25, 0.3) is 22.2 Å². The highest BCUT2D eigenvalue weighted by Gasteiger charge is 2.23. The van der Waals surface area contributed by atoms with E-state index < -0.39 is 17.5 Å². The van der Waals surface area contributed by atoms with Crippen molar-refractivity contribution >= 4 is 46.2 Å². The number of ether oxygens (including phenoxy) is 1. The number of nitrogens with one attached hydrogen (secondary N) is 2. The Morgan fingerprint density at radius 3 is 2.59 bits per heavy atom. The minimum absolute atomic E-state index is 0.0301. The monoisotopic (exact) mass is 546 g/mol. The fourth-order valence-corrected chi connectivity index (χ4v) is 3.98. The van der Waals surface area contributed by atoms with Gasteiger partial charge < -0.3 is 15.4 Å². The number of hydrogen-bond donors (Lipinski definition) is 2. The Labute approximate surface area is 228 Å². The van der Waals surface area contributed by atoms with Gasteiger partial charge in [-0.25, -0.2) is 33.7 Å². The number of carbonyl (C=O) groups excluding carboxylic acids is 1. The van der Waals surface area contributed by atoms with Crippen molar-refractivity contribution in [1.82, 2.24) is 29.5 Å². The number of hydrogen-bond acceptors (Lipinski definition) is 9. The molecule has 0 spiro atoms. The van der Waals surface area contributed by atoms with Gasteiger partial charge in [0.25, 0.3) is 0 Å². The lowest BCUT2D eigenvalue weighted by molar-refractivity contribution is 0.0539. The molecule has 0 amide bonds. The van der Waals surface area contributed by atoms with E-state index in [0.717, 1.165) is 0 Å². The molecule has 198 valence electrons. The molecule has 0 aliphatic heterocycles. The van der Waals surface area contributed by atoms with Crippen molar-refractivity contribution in [2.45, 2.75) is 32.9 Å². The molecule has 0 bridgehead atoms. The number of carbonyl (C=O) groups is 1. The molecule has 0 fully saturated rings. The third kappa shape index (κ3) is 5.93. The summed E-state index contributed by atoms with van der Waals surface area (Å²) in [5, 5.41) is 6.27. The van der Waals surface area contributed by atoms with Crippen molar-refractivity contribution in [3.63, 3.8) is 0 Å². The molecule has 39 heavy (non-hydrogen) atoms. The zero-order valence-corrected chi connectivity index (χ0v) is 22.1. The molecule has 0 unspecified atom stereocenters. The van der Waals surface area contributed by atoms with Crippen LogP contribution in [-0.2, 0) is 11.3 Å². The molecule has 5 rings (SSSR count). The van der Waals surface area contributed by atoms with Gasteiger partial charge in [-0.1, -0.05) is 23.7 Å². The summed E-state index contributed by atoms with van der Waals surface area (Å²) < 4.78 is 20.7. The SMILES string of the molecule is CC(C)(C)OC(=O)n1c(CNc2nc(Nc3ccc(F)c(Cl)c3)ncc2-c2cncnc2)nc2ccccc21. The third-order valence-corrected chi connectivity index (χ3v) is 5.75. The Bertz CT molecular complexity index is 1650. The van der Waals surface area contributed by atoms with E-state index in [9.17, 15) is 9.18 Å². The van der Waals surface area contributed by atoms with Crippen LogP contribution >= 0.6 is 11.6 Å². The van der Waals surface area contributed by atoms with E-state index in [2.05, 4.69) is 35.6 Å². The summed E-state index contributed by atoms with van der Waals surface area (Å²) in [5.74, 6) is 0.566. The maximum atomic E-state index is 13.6. The van der Waals surface area contributed by atoms with E-state index >= 15 is 0 Å². The molecular formula is C27H24ClFN8O2. The van der Waals surface area contributed by atoms with Crippen molar-refractivity contribution in [3.05, 3.63) is 84.0 Å². The lowest BCUT2D eigenvalue weighted by Crippen LogP contribution is -2.28. The smallest absolute Gasteiger partial charge is 0.420 e. The van der Waals surface area contributed by atoms with Crippen LogP contribution in [0.1, 0.15) is 26.6 Å². The minimum Gasteiger partial charge on any atom is -0.443 e. The number of para-hydroxylation sites is 2. The summed E-state index contributed by atoms with van der Waals surface area (Å²) in [4.78, 5) is 35.0. The second-order valence-electron chi connectivity index (χ2n) is 9.52. The molecule has 0 aliphatic rings. The summed E-state index contributed by atoms with van der Waals surface area (Å²) in [7, 11) is 0. The Hall–Kier alpha value is -4.64. The third-order valence-electron chi connectivity index (χ3n) is 5.46. The lowest BCUT2D eigenvalue weighted by Gasteiger charge is -2.20. The fraction of sp³-hybridized carbons (Fsp3) is 0.185. The van der Waals surface area contributed by atoms with E-state index in [4.69, 9.17) is 16.3 Å². The predicted molar refractivity (Wildman–Crippen MR) is 146 cm³/mol. The first-order chi connectivity index (χ1) is 18.7. The van der Waals surface area contributed by atoms with Gasteiger partial charge in [-0.3, -0.25) is 0 Å². The van der Waals surface area contributed by atoms with Gasteiger partial charge in [0.2, 0.25) is 5.95 Å². The van der Waals surface area contributed by atoms with Crippen LogP contribution in [0.2, 0.25) is 5.02 Å². The zero-order valence-electron chi connectivity index (χ0n) is 21.3.